The SMILES string of the molecule is O=C(Cc1ccc(F)cc1)N1CC[C@@H](O)[C@H](F)C1. The van der Waals surface area contributed by atoms with Gasteiger partial charge in [-0.15, -0.1) is 0 Å². The van der Waals surface area contributed by atoms with E-state index in [2.05, 4.69) is 0 Å². The third kappa shape index (κ3) is 3.04. The molecule has 1 aliphatic heterocycles. The number of hydrogen-bond acceptors (Lipinski definition) is 2. The van der Waals surface area contributed by atoms with E-state index in [1.54, 1.807) is 12.1 Å². The van der Waals surface area contributed by atoms with Crippen LogP contribution in [-0.4, -0.2) is 41.3 Å². The van der Waals surface area contributed by atoms with E-state index in [4.69, 9.17) is 0 Å². The van der Waals surface area contributed by atoms with Gasteiger partial charge in [0.15, 0.2) is 0 Å². The van der Waals surface area contributed by atoms with Crippen molar-refractivity contribution in [3.05, 3.63) is 35.6 Å². The number of aliphatic hydroxyl groups excluding tert-OH is 1. The molecule has 1 saturated heterocycles. The van der Waals surface area contributed by atoms with Gasteiger partial charge in [-0.2, -0.15) is 0 Å². The van der Waals surface area contributed by atoms with Crippen LogP contribution < -0.4 is 0 Å². The highest BCUT2D eigenvalue weighted by molar-refractivity contribution is 5.78. The van der Waals surface area contributed by atoms with Crippen LogP contribution in [0.25, 0.3) is 0 Å². The van der Waals surface area contributed by atoms with Crippen molar-refractivity contribution in [2.24, 2.45) is 0 Å². The second-order valence-corrected chi connectivity index (χ2v) is 4.52. The Morgan fingerprint density at radius 1 is 1.39 bits per heavy atom. The van der Waals surface area contributed by atoms with Crippen molar-refractivity contribution < 1.29 is 18.7 Å². The number of halogens is 2. The summed E-state index contributed by atoms with van der Waals surface area (Å²) in [4.78, 5) is 13.3. The molecule has 1 aromatic carbocycles. The van der Waals surface area contributed by atoms with Crippen LogP contribution in [0.15, 0.2) is 24.3 Å². The molecule has 3 nitrogen and oxygen atoms in total. The van der Waals surface area contributed by atoms with Gasteiger partial charge >= 0.3 is 0 Å². The molecule has 2 atom stereocenters. The van der Waals surface area contributed by atoms with Gasteiger partial charge in [0.25, 0.3) is 0 Å². The van der Waals surface area contributed by atoms with E-state index >= 15 is 0 Å². The zero-order valence-electron chi connectivity index (χ0n) is 9.85. The monoisotopic (exact) mass is 255 g/mol. The molecular formula is C13H15F2NO2. The van der Waals surface area contributed by atoms with Crippen LogP contribution in [0.4, 0.5) is 8.78 Å². The van der Waals surface area contributed by atoms with Crippen LogP contribution in [0.5, 0.6) is 0 Å². The fourth-order valence-corrected chi connectivity index (χ4v) is 2.01. The predicted molar refractivity (Wildman–Crippen MR) is 62.2 cm³/mol. The molecule has 5 heteroatoms. The average molecular weight is 255 g/mol. The number of carbonyl (C=O) groups excluding carboxylic acids is 1. The summed E-state index contributed by atoms with van der Waals surface area (Å²) in [5, 5.41) is 9.24. The molecule has 1 amide bonds. The number of benzene rings is 1. The smallest absolute Gasteiger partial charge is 0.227 e. The fraction of sp³-hybridized carbons (Fsp3) is 0.462. The summed E-state index contributed by atoms with van der Waals surface area (Å²) >= 11 is 0. The molecule has 0 aliphatic carbocycles. The van der Waals surface area contributed by atoms with Gasteiger partial charge < -0.3 is 10.0 Å². The first-order valence-electron chi connectivity index (χ1n) is 5.90. The van der Waals surface area contributed by atoms with Crippen molar-refractivity contribution in [2.45, 2.75) is 25.1 Å². The lowest BCUT2D eigenvalue weighted by molar-refractivity contribution is -0.134. The number of hydrogen-bond donors (Lipinski definition) is 1. The van der Waals surface area contributed by atoms with Crippen molar-refractivity contribution in [3.8, 4) is 0 Å². The Bertz CT molecular complexity index is 422. The molecule has 98 valence electrons. The Morgan fingerprint density at radius 2 is 2.06 bits per heavy atom. The fourth-order valence-electron chi connectivity index (χ4n) is 2.01. The molecule has 0 radical (unpaired) electrons. The Balaban J connectivity index is 1.94. The number of rotatable bonds is 2. The largest absolute Gasteiger partial charge is 0.390 e. The van der Waals surface area contributed by atoms with Crippen LogP contribution in [0.2, 0.25) is 0 Å². The standard InChI is InChI=1S/C13H15F2NO2/c14-10-3-1-9(2-4-10)7-13(18)16-6-5-12(17)11(15)8-16/h1-4,11-12,17H,5-8H2/t11-,12-/m1/s1. The molecule has 1 fully saturated rings. The first-order chi connectivity index (χ1) is 8.56. The molecule has 18 heavy (non-hydrogen) atoms. The van der Waals surface area contributed by atoms with Crippen molar-refractivity contribution in [3.63, 3.8) is 0 Å². The number of amides is 1. The minimum absolute atomic E-state index is 0.0683. The third-order valence-corrected chi connectivity index (χ3v) is 3.13. The van der Waals surface area contributed by atoms with E-state index in [9.17, 15) is 18.7 Å². The van der Waals surface area contributed by atoms with Crippen LogP contribution in [0, 0.1) is 5.82 Å². The van der Waals surface area contributed by atoms with E-state index in [0.29, 0.717) is 12.1 Å². The first kappa shape index (κ1) is 13.0. The van der Waals surface area contributed by atoms with Crippen LogP contribution in [0.3, 0.4) is 0 Å². The lowest BCUT2D eigenvalue weighted by atomic mass is 10.0. The number of piperidine rings is 1. The van der Waals surface area contributed by atoms with Gasteiger partial charge in [-0.3, -0.25) is 4.79 Å². The number of carbonyl (C=O) groups is 1. The van der Waals surface area contributed by atoms with E-state index in [1.807, 2.05) is 0 Å². The Morgan fingerprint density at radius 3 is 2.67 bits per heavy atom. The highest BCUT2D eigenvalue weighted by Crippen LogP contribution is 2.15. The van der Waals surface area contributed by atoms with Gasteiger partial charge in [0.05, 0.1) is 19.1 Å². The maximum absolute atomic E-state index is 13.3. The van der Waals surface area contributed by atoms with Gasteiger partial charge in [0.2, 0.25) is 5.91 Å². The van der Waals surface area contributed by atoms with Crippen molar-refractivity contribution in [1.29, 1.82) is 0 Å². The van der Waals surface area contributed by atoms with Crippen molar-refractivity contribution in [1.82, 2.24) is 4.90 Å². The van der Waals surface area contributed by atoms with Crippen LogP contribution in [-0.2, 0) is 11.2 Å². The number of alkyl halides is 1. The van der Waals surface area contributed by atoms with Crippen LogP contribution in [0.1, 0.15) is 12.0 Å². The molecule has 1 heterocycles. The number of likely N-dealkylation sites (tertiary alicyclic amines) is 1. The molecule has 0 saturated carbocycles. The van der Waals surface area contributed by atoms with Gasteiger partial charge in [-0.1, -0.05) is 12.1 Å². The molecule has 0 aromatic heterocycles. The highest BCUT2D eigenvalue weighted by Gasteiger charge is 2.29. The molecule has 1 N–H and O–H groups in total. The maximum Gasteiger partial charge on any atom is 0.227 e. The summed E-state index contributed by atoms with van der Waals surface area (Å²) in [5.74, 6) is -0.549. The van der Waals surface area contributed by atoms with Gasteiger partial charge in [0, 0.05) is 6.54 Å². The lowest BCUT2D eigenvalue weighted by Crippen LogP contribution is -2.47. The summed E-state index contributed by atoms with van der Waals surface area (Å²) in [5.41, 5.74) is 0.697. The zero-order valence-corrected chi connectivity index (χ0v) is 9.85. The number of aliphatic hydroxyl groups is 1. The zero-order chi connectivity index (χ0) is 13.1. The normalized spacial score (nSPS) is 24.1. The van der Waals surface area contributed by atoms with E-state index in [0.717, 1.165) is 0 Å². The summed E-state index contributed by atoms with van der Waals surface area (Å²) in [7, 11) is 0. The van der Waals surface area contributed by atoms with Gasteiger partial charge in [-0.25, -0.2) is 8.78 Å². The van der Waals surface area contributed by atoms with Crippen molar-refractivity contribution >= 4 is 5.91 Å². The van der Waals surface area contributed by atoms with Crippen molar-refractivity contribution in [2.75, 3.05) is 13.1 Å². The average Bonchev–Trinajstić information content (AvgIpc) is 2.35. The second kappa shape index (κ2) is 5.44. The Kier molecular flexibility index (Phi) is 3.91. The van der Waals surface area contributed by atoms with E-state index in [-0.39, 0.29) is 31.1 Å². The molecule has 1 aromatic rings. The quantitative estimate of drug-likeness (QED) is 0.865. The summed E-state index contributed by atoms with van der Waals surface area (Å²) in [6.07, 6.45) is -1.96. The lowest BCUT2D eigenvalue weighted by Gasteiger charge is -2.32. The molecule has 0 bridgehead atoms. The summed E-state index contributed by atoms with van der Waals surface area (Å²) in [6, 6.07) is 5.67. The minimum atomic E-state index is -1.38. The molecule has 0 spiro atoms. The van der Waals surface area contributed by atoms with Gasteiger partial charge in [-0.05, 0) is 24.1 Å². The molecular weight excluding hydrogens is 240 g/mol. The number of nitrogens with zero attached hydrogens (tertiary/aromatic N) is 1. The van der Waals surface area contributed by atoms with Gasteiger partial charge in [0.1, 0.15) is 12.0 Å². The third-order valence-electron chi connectivity index (χ3n) is 3.13. The maximum atomic E-state index is 13.3. The highest BCUT2D eigenvalue weighted by atomic mass is 19.1. The summed E-state index contributed by atoms with van der Waals surface area (Å²) < 4.78 is 26.0. The minimum Gasteiger partial charge on any atom is -0.390 e. The van der Waals surface area contributed by atoms with E-state index in [1.165, 1.54) is 17.0 Å². The molecule has 2 rings (SSSR count). The molecule has 0 unspecified atom stereocenters. The Labute approximate surface area is 104 Å². The first-order valence-corrected chi connectivity index (χ1v) is 5.90. The topological polar surface area (TPSA) is 40.5 Å². The summed E-state index contributed by atoms with van der Waals surface area (Å²) in [6.45, 7) is 0.294. The van der Waals surface area contributed by atoms with Crippen LogP contribution >= 0.6 is 0 Å². The van der Waals surface area contributed by atoms with E-state index < -0.39 is 12.3 Å². The predicted octanol–water partition coefficient (Wildman–Crippen LogP) is 1.30. The second-order valence-electron chi connectivity index (χ2n) is 4.52. The molecule has 1 aliphatic rings. The Hall–Kier alpha value is -1.49.